The van der Waals surface area contributed by atoms with Crippen molar-refractivity contribution in [1.29, 1.82) is 0 Å². The van der Waals surface area contributed by atoms with E-state index in [-0.39, 0.29) is 12.2 Å². The van der Waals surface area contributed by atoms with E-state index in [0.717, 1.165) is 0 Å². The van der Waals surface area contributed by atoms with Crippen LogP contribution in [0, 0.1) is 0 Å². The zero-order valence-corrected chi connectivity index (χ0v) is 5.76. The second kappa shape index (κ2) is 2.28. The average molecular weight is 136 g/mol. The highest BCUT2D eigenvalue weighted by atomic mass is 31.2. The van der Waals surface area contributed by atoms with Gasteiger partial charge in [-0.1, -0.05) is 0 Å². The van der Waals surface area contributed by atoms with Gasteiger partial charge in [0.1, 0.15) is 0 Å². The van der Waals surface area contributed by atoms with Gasteiger partial charge in [0.25, 0.3) is 0 Å². The van der Waals surface area contributed by atoms with Crippen LogP contribution in [0.1, 0.15) is 13.8 Å². The molecule has 0 saturated carbocycles. The number of hydrogen-bond acceptors (Lipinski definition) is 3. The minimum absolute atomic E-state index is 0.0473. The standard InChI is InChI=1S/C4H9O3P/c1-3-4(2)7-8(5)6-3/h3-5H,1-2H3. The van der Waals surface area contributed by atoms with Crippen LogP contribution in [0.5, 0.6) is 0 Å². The molecule has 2 unspecified atom stereocenters. The smallest absolute Gasteiger partial charge is 0.328 e. The van der Waals surface area contributed by atoms with Gasteiger partial charge in [-0.15, -0.1) is 0 Å². The van der Waals surface area contributed by atoms with E-state index in [1.807, 2.05) is 13.8 Å². The maximum absolute atomic E-state index is 8.69. The summed E-state index contributed by atoms with van der Waals surface area (Å²) in [5.41, 5.74) is 0. The largest absolute Gasteiger partial charge is 0.330 e. The molecular formula is C4H9O3P. The summed E-state index contributed by atoms with van der Waals surface area (Å²) < 4.78 is 9.74. The summed E-state index contributed by atoms with van der Waals surface area (Å²) in [4.78, 5) is 8.69. The minimum Gasteiger partial charge on any atom is -0.328 e. The van der Waals surface area contributed by atoms with E-state index in [1.165, 1.54) is 0 Å². The second-order valence-electron chi connectivity index (χ2n) is 1.86. The normalized spacial score (nSPS) is 47.6. The molecule has 0 aromatic rings. The summed E-state index contributed by atoms with van der Waals surface area (Å²) in [6, 6.07) is 0. The molecule has 4 heteroatoms. The monoisotopic (exact) mass is 136 g/mol. The van der Waals surface area contributed by atoms with Crippen LogP contribution in [0.2, 0.25) is 0 Å². The Morgan fingerprint density at radius 3 is 1.75 bits per heavy atom. The fourth-order valence-corrected chi connectivity index (χ4v) is 1.44. The molecule has 48 valence electrons. The van der Waals surface area contributed by atoms with E-state index in [1.54, 1.807) is 0 Å². The van der Waals surface area contributed by atoms with E-state index < -0.39 is 8.60 Å². The lowest BCUT2D eigenvalue weighted by atomic mass is 10.3. The highest BCUT2D eigenvalue weighted by molar-refractivity contribution is 7.40. The van der Waals surface area contributed by atoms with Crippen LogP contribution in [-0.2, 0) is 9.05 Å². The van der Waals surface area contributed by atoms with Gasteiger partial charge >= 0.3 is 8.60 Å². The van der Waals surface area contributed by atoms with E-state index in [4.69, 9.17) is 13.9 Å². The number of hydrogen-bond donors (Lipinski definition) is 1. The molecule has 1 fully saturated rings. The molecule has 1 N–H and O–H groups in total. The van der Waals surface area contributed by atoms with Crippen molar-refractivity contribution in [2.75, 3.05) is 0 Å². The zero-order chi connectivity index (χ0) is 6.15. The Bertz CT molecular complexity index is 77.4. The first-order valence-electron chi connectivity index (χ1n) is 2.52. The van der Waals surface area contributed by atoms with E-state index in [2.05, 4.69) is 0 Å². The lowest BCUT2D eigenvalue weighted by Gasteiger charge is -2.00. The van der Waals surface area contributed by atoms with Crippen LogP contribution in [0.25, 0.3) is 0 Å². The molecule has 1 aliphatic heterocycles. The van der Waals surface area contributed by atoms with Crippen molar-refractivity contribution in [2.24, 2.45) is 0 Å². The fraction of sp³-hybridized carbons (Fsp3) is 1.00. The molecule has 0 spiro atoms. The summed E-state index contributed by atoms with van der Waals surface area (Å²) in [7, 11) is -1.54. The fourth-order valence-electron chi connectivity index (χ4n) is 0.481. The third kappa shape index (κ3) is 1.17. The van der Waals surface area contributed by atoms with Crippen LogP contribution in [0.4, 0.5) is 0 Å². The minimum atomic E-state index is -1.54. The lowest BCUT2D eigenvalue weighted by molar-refractivity contribution is 0.187. The van der Waals surface area contributed by atoms with Crippen molar-refractivity contribution < 1.29 is 13.9 Å². The first kappa shape index (κ1) is 6.43. The first-order valence-corrected chi connectivity index (χ1v) is 3.65. The van der Waals surface area contributed by atoms with Crippen LogP contribution >= 0.6 is 8.60 Å². The maximum atomic E-state index is 8.69. The van der Waals surface area contributed by atoms with Gasteiger partial charge in [0.15, 0.2) is 0 Å². The molecule has 0 bridgehead atoms. The van der Waals surface area contributed by atoms with E-state index in [9.17, 15) is 0 Å². The van der Waals surface area contributed by atoms with Gasteiger partial charge < -0.3 is 13.9 Å². The van der Waals surface area contributed by atoms with Crippen molar-refractivity contribution in [1.82, 2.24) is 0 Å². The summed E-state index contributed by atoms with van der Waals surface area (Å²) in [5.74, 6) is 0. The first-order chi connectivity index (χ1) is 3.70. The summed E-state index contributed by atoms with van der Waals surface area (Å²) in [5, 5.41) is 0. The van der Waals surface area contributed by atoms with Crippen LogP contribution in [-0.4, -0.2) is 17.1 Å². The Kier molecular flexibility index (Phi) is 1.83. The van der Waals surface area contributed by atoms with Crippen LogP contribution in [0.15, 0.2) is 0 Å². The summed E-state index contributed by atoms with van der Waals surface area (Å²) in [6.07, 6.45) is 0.0947. The molecule has 3 nitrogen and oxygen atoms in total. The topological polar surface area (TPSA) is 38.7 Å². The molecule has 0 amide bonds. The molecule has 1 heterocycles. The van der Waals surface area contributed by atoms with E-state index in [0.29, 0.717) is 0 Å². The Morgan fingerprint density at radius 2 is 1.62 bits per heavy atom. The van der Waals surface area contributed by atoms with Gasteiger partial charge in [0.05, 0.1) is 12.2 Å². The molecule has 0 radical (unpaired) electrons. The summed E-state index contributed by atoms with van der Waals surface area (Å²) in [6.45, 7) is 3.76. The lowest BCUT2D eigenvalue weighted by Crippen LogP contribution is -2.13. The van der Waals surface area contributed by atoms with Gasteiger partial charge in [-0.05, 0) is 13.8 Å². The predicted octanol–water partition coefficient (Wildman–Crippen LogP) is 1.03. The van der Waals surface area contributed by atoms with Crippen LogP contribution in [0.3, 0.4) is 0 Å². The van der Waals surface area contributed by atoms with Crippen molar-refractivity contribution in [2.45, 2.75) is 26.1 Å². The molecule has 1 aliphatic rings. The van der Waals surface area contributed by atoms with Crippen molar-refractivity contribution in [3.63, 3.8) is 0 Å². The van der Waals surface area contributed by atoms with Crippen molar-refractivity contribution >= 4 is 8.60 Å². The molecule has 0 aromatic carbocycles. The van der Waals surface area contributed by atoms with Gasteiger partial charge in [-0.3, -0.25) is 0 Å². The molecular weight excluding hydrogens is 127 g/mol. The molecule has 8 heavy (non-hydrogen) atoms. The van der Waals surface area contributed by atoms with Gasteiger partial charge in [0, 0.05) is 0 Å². The average Bonchev–Trinajstić information content (AvgIpc) is 1.85. The highest BCUT2D eigenvalue weighted by Gasteiger charge is 2.29. The molecule has 1 saturated heterocycles. The molecule has 2 atom stereocenters. The Balaban J connectivity index is 2.39. The molecule has 1 rings (SSSR count). The van der Waals surface area contributed by atoms with Crippen molar-refractivity contribution in [3.05, 3.63) is 0 Å². The Labute approximate surface area is 49.6 Å². The molecule has 0 aromatic heterocycles. The van der Waals surface area contributed by atoms with Gasteiger partial charge in [-0.2, -0.15) is 0 Å². The number of rotatable bonds is 0. The van der Waals surface area contributed by atoms with Gasteiger partial charge in [-0.25, -0.2) is 0 Å². The Hall–Kier alpha value is 0.310. The second-order valence-corrected chi connectivity index (χ2v) is 2.76. The van der Waals surface area contributed by atoms with Gasteiger partial charge in [0.2, 0.25) is 0 Å². The third-order valence-electron chi connectivity index (χ3n) is 1.17. The van der Waals surface area contributed by atoms with E-state index >= 15 is 0 Å². The Morgan fingerprint density at radius 1 is 1.25 bits per heavy atom. The quantitative estimate of drug-likeness (QED) is 0.505. The maximum Gasteiger partial charge on any atom is 0.330 e. The highest BCUT2D eigenvalue weighted by Crippen LogP contribution is 2.43. The van der Waals surface area contributed by atoms with Crippen molar-refractivity contribution in [3.8, 4) is 0 Å². The predicted molar refractivity (Wildman–Crippen MR) is 30.2 cm³/mol. The SMILES string of the molecule is CC1OP(O)OC1C. The summed E-state index contributed by atoms with van der Waals surface area (Å²) >= 11 is 0. The zero-order valence-electron chi connectivity index (χ0n) is 4.87. The van der Waals surface area contributed by atoms with Crippen LogP contribution < -0.4 is 0 Å². The molecule has 0 aliphatic carbocycles. The third-order valence-corrected chi connectivity index (χ3v) is 2.20.